The van der Waals surface area contributed by atoms with Crippen LogP contribution in [-0.2, 0) is 10.2 Å². The van der Waals surface area contributed by atoms with Crippen LogP contribution in [0.2, 0.25) is 0 Å². The summed E-state index contributed by atoms with van der Waals surface area (Å²) < 4.78 is 10.2. The minimum absolute atomic E-state index is 0.0908. The van der Waals surface area contributed by atoms with E-state index in [9.17, 15) is 10.1 Å². The number of allylic oxidation sites excluding steroid dienone is 1. The van der Waals surface area contributed by atoms with Crippen molar-refractivity contribution in [3.05, 3.63) is 22.7 Å². The number of hydrogen-bond acceptors (Lipinski definition) is 6. The van der Waals surface area contributed by atoms with Crippen LogP contribution >= 0.6 is 0 Å². The summed E-state index contributed by atoms with van der Waals surface area (Å²) in [7, 11) is 1.36. The predicted molar refractivity (Wildman–Crippen MR) is 75.7 cm³/mol. The van der Waals surface area contributed by atoms with Crippen LogP contribution in [0.3, 0.4) is 0 Å². The number of aromatic nitrogens is 2. The molecule has 0 bridgehead atoms. The lowest BCUT2D eigenvalue weighted by atomic mass is 9.67. The quantitative estimate of drug-likeness (QED) is 0.735. The number of aryl methyl sites for hydroxylation is 1. The molecule has 1 fully saturated rings. The Morgan fingerprint density at radius 3 is 2.82 bits per heavy atom. The second kappa shape index (κ2) is 4.94. The highest BCUT2D eigenvalue weighted by Crippen LogP contribution is 2.49. The van der Waals surface area contributed by atoms with Crippen LogP contribution in [0.15, 0.2) is 11.5 Å². The van der Waals surface area contributed by atoms with E-state index in [2.05, 4.69) is 16.3 Å². The lowest BCUT2D eigenvalue weighted by Crippen LogP contribution is -2.48. The van der Waals surface area contributed by atoms with Crippen LogP contribution in [0.5, 0.6) is 5.88 Å². The van der Waals surface area contributed by atoms with Gasteiger partial charge in [0.2, 0.25) is 11.8 Å². The van der Waals surface area contributed by atoms with Crippen molar-refractivity contribution >= 4 is 6.09 Å². The summed E-state index contributed by atoms with van der Waals surface area (Å²) in [6.45, 7) is 2.85. The van der Waals surface area contributed by atoms with Crippen LogP contribution in [-0.4, -0.2) is 41.4 Å². The van der Waals surface area contributed by atoms with Crippen LogP contribution < -0.4 is 10.5 Å². The Labute approximate surface area is 127 Å². The normalized spacial score (nSPS) is 19.4. The second-order valence-corrected chi connectivity index (χ2v) is 5.52. The molecular formula is C14H17N5O3. The molecule has 8 heteroatoms. The minimum atomic E-state index is -0.561. The summed E-state index contributed by atoms with van der Waals surface area (Å²) in [4.78, 5) is 13.3. The van der Waals surface area contributed by atoms with Gasteiger partial charge in [0, 0.05) is 29.8 Å². The fourth-order valence-corrected chi connectivity index (χ4v) is 3.42. The van der Waals surface area contributed by atoms with Crippen molar-refractivity contribution in [1.29, 1.82) is 5.26 Å². The molecule has 1 spiro atoms. The maximum Gasteiger partial charge on any atom is 0.409 e. The molecule has 1 amide bonds. The third kappa shape index (κ3) is 1.82. The summed E-state index contributed by atoms with van der Waals surface area (Å²) in [5.74, 6) is 0.508. The number of amides is 1. The van der Waals surface area contributed by atoms with Crippen LogP contribution in [0.4, 0.5) is 4.79 Å². The topological polar surface area (TPSA) is 117 Å². The fourth-order valence-electron chi connectivity index (χ4n) is 3.42. The fraction of sp³-hybridized carbons (Fsp3) is 0.500. The molecule has 0 atom stereocenters. The molecule has 1 aromatic rings. The molecule has 0 aromatic carbocycles. The van der Waals surface area contributed by atoms with Gasteiger partial charge >= 0.3 is 6.09 Å². The first kappa shape index (κ1) is 14.3. The van der Waals surface area contributed by atoms with E-state index in [0.29, 0.717) is 37.4 Å². The smallest absolute Gasteiger partial charge is 0.409 e. The molecule has 0 unspecified atom stereocenters. The van der Waals surface area contributed by atoms with Gasteiger partial charge in [0.15, 0.2) is 0 Å². The summed E-state index contributed by atoms with van der Waals surface area (Å²) in [5.41, 5.74) is 7.48. The molecule has 116 valence electrons. The molecule has 0 saturated carbocycles. The average Bonchev–Trinajstić information content (AvgIpc) is 2.89. The summed E-state index contributed by atoms with van der Waals surface area (Å²) in [6.07, 6.45) is 0.784. The van der Waals surface area contributed by atoms with Crippen molar-refractivity contribution in [2.75, 3.05) is 20.2 Å². The van der Waals surface area contributed by atoms with E-state index in [4.69, 9.17) is 15.2 Å². The van der Waals surface area contributed by atoms with Gasteiger partial charge in [-0.25, -0.2) is 4.79 Å². The Hall–Kier alpha value is -2.69. The Bertz CT molecular complexity index is 692. The van der Waals surface area contributed by atoms with Gasteiger partial charge in [0.25, 0.3) is 0 Å². The number of methoxy groups -OCH3 is 1. The number of nitrogens with zero attached hydrogens (tertiary/aromatic N) is 3. The maximum atomic E-state index is 11.7. The Morgan fingerprint density at radius 2 is 2.23 bits per heavy atom. The first-order valence-electron chi connectivity index (χ1n) is 7.00. The van der Waals surface area contributed by atoms with Crippen molar-refractivity contribution < 1.29 is 14.3 Å². The Kier molecular flexibility index (Phi) is 3.20. The van der Waals surface area contributed by atoms with Crippen molar-refractivity contribution in [1.82, 2.24) is 15.1 Å². The van der Waals surface area contributed by atoms with Crippen molar-refractivity contribution in [2.45, 2.75) is 25.2 Å². The molecule has 1 aromatic heterocycles. The van der Waals surface area contributed by atoms with Gasteiger partial charge in [-0.1, -0.05) is 0 Å². The maximum absolute atomic E-state index is 11.7. The second-order valence-electron chi connectivity index (χ2n) is 5.52. The standard InChI is InChI=1S/C14H17N5O3/c1-8-10-12(18-17-8)22-11(16)9(7-15)14(10)3-5-19(6-4-14)13(20)21-2/h3-6,16H2,1-2H3,(H,17,18). The zero-order valence-corrected chi connectivity index (χ0v) is 12.5. The van der Waals surface area contributed by atoms with Gasteiger partial charge in [-0.2, -0.15) is 5.26 Å². The van der Waals surface area contributed by atoms with Crippen molar-refractivity contribution in [2.24, 2.45) is 5.73 Å². The summed E-state index contributed by atoms with van der Waals surface area (Å²) in [5, 5.41) is 16.6. The highest BCUT2D eigenvalue weighted by Gasteiger charge is 2.49. The van der Waals surface area contributed by atoms with Gasteiger partial charge in [0.05, 0.1) is 7.11 Å². The molecule has 22 heavy (non-hydrogen) atoms. The molecule has 2 aliphatic rings. The number of ether oxygens (including phenoxy) is 2. The number of H-pyrrole nitrogens is 1. The zero-order chi connectivity index (χ0) is 15.9. The largest absolute Gasteiger partial charge is 0.453 e. The number of carbonyl (C=O) groups is 1. The first-order chi connectivity index (χ1) is 10.5. The number of aromatic amines is 1. The van der Waals surface area contributed by atoms with E-state index in [1.807, 2.05) is 6.92 Å². The van der Waals surface area contributed by atoms with E-state index in [1.54, 1.807) is 4.90 Å². The first-order valence-corrected chi connectivity index (χ1v) is 7.00. The molecule has 3 heterocycles. The minimum Gasteiger partial charge on any atom is -0.453 e. The molecule has 1 saturated heterocycles. The van der Waals surface area contributed by atoms with E-state index >= 15 is 0 Å². The van der Waals surface area contributed by atoms with Gasteiger partial charge in [-0.15, -0.1) is 5.10 Å². The zero-order valence-electron chi connectivity index (χ0n) is 12.5. The number of nitrogens with two attached hydrogens (primary N) is 1. The van der Waals surface area contributed by atoms with E-state index in [1.165, 1.54) is 7.11 Å². The highest BCUT2D eigenvalue weighted by atomic mass is 16.5. The van der Waals surface area contributed by atoms with Crippen molar-refractivity contribution in [3.63, 3.8) is 0 Å². The number of piperidine rings is 1. The molecule has 0 radical (unpaired) electrons. The van der Waals surface area contributed by atoms with Gasteiger partial charge < -0.3 is 20.1 Å². The number of fused-ring (bicyclic) bond motifs is 2. The number of carbonyl (C=O) groups excluding carboxylic acids is 1. The van der Waals surface area contributed by atoms with Crippen LogP contribution in [0, 0.1) is 18.3 Å². The molecule has 8 nitrogen and oxygen atoms in total. The number of nitrogens with one attached hydrogen (secondary N) is 1. The molecular weight excluding hydrogens is 286 g/mol. The Morgan fingerprint density at radius 1 is 1.55 bits per heavy atom. The number of hydrogen-bond donors (Lipinski definition) is 2. The highest BCUT2D eigenvalue weighted by molar-refractivity contribution is 5.68. The monoisotopic (exact) mass is 303 g/mol. The summed E-state index contributed by atoms with van der Waals surface area (Å²) >= 11 is 0. The third-order valence-electron chi connectivity index (χ3n) is 4.49. The molecule has 2 aliphatic heterocycles. The summed E-state index contributed by atoms with van der Waals surface area (Å²) in [6, 6.07) is 2.18. The van der Waals surface area contributed by atoms with E-state index < -0.39 is 5.41 Å². The van der Waals surface area contributed by atoms with E-state index in [0.717, 1.165) is 11.3 Å². The van der Waals surface area contributed by atoms with Crippen LogP contribution in [0.1, 0.15) is 24.1 Å². The number of rotatable bonds is 0. The lowest BCUT2D eigenvalue weighted by Gasteiger charge is -2.42. The predicted octanol–water partition coefficient (Wildman–Crippen LogP) is 0.904. The SMILES string of the molecule is COC(=O)N1CCC2(CC1)C(C#N)=C(N)Oc1n[nH]c(C)c12. The lowest BCUT2D eigenvalue weighted by molar-refractivity contribution is 0.103. The van der Waals surface area contributed by atoms with Gasteiger partial charge in [0.1, 0.15) is 11.6 Å². The molecule has 0 aliphatic carbocycles. The Balaban J connectivity index is 2.03. The van der Waals surface area contributed by atoms with Crippen LogP contribution in [0.25, 0.3) is 0 Å². The van der Waals surface area contributed by atoms with Crippen molar-refractivity contribution in [3.8, 4) is 11.9 Å². The van der Waals surface area contributed by atoms with Gasteiger partial charge in [-0.3, -0.25) is 5.10 Å². The average molecular weight is 303 g/mol. The number of nitriles is 1. The van der Waals surface area contributed by atoms with Gasteiger partial charge in [-0.05, 0) is 19.8 Å². The molecule has 3 rings (SSSR count). The third-order valence-corrected chi connectivity index (χ3v) is 4.49. The number of likely N-dealkylation sites (tertiary alicyclic amines) is 1. The van der Waals surface area contributed by atoms with E-state index in [-0.39, 0.29) is 12.0 Å². The molecule has 3 N–H and O–H groups in total.